The number of nitrogens with zero attached hydrogens (tertiary/aromatic N) is 3. The second-order valence-electron chi connectivity index (χ2n) is 5.64. The Kier molecular flexibility index (Phi) is 3.95. The van der Waals surface area contributed by atoms with Gasteiger partial charge in [0, 0.05) is 17.5 Å². The molecule has 0 fully saturated rings. The Morgan fingerprint density at radius 2 is 2.22 bits per heavy atom. The molecule has 0 aliphatic carbocycles. The lowest BCUT2D eigenvalue weighted by Crippen LogP contribution is -2.36. The number of hydrogen-bond donors (Lipinski definition) is 1. The molecular weight excluding hydrogens is 310 g/mol. The average molecular weight is 327 g/mol. The van der Waals surface area contributed by atoms with Crippen LogP contribution in [0.5, 0.6) is 0 Å². The lowest BCUT2D eigenvalue weighted by Gasteiger charge is -2.35. The molecule has 0 spiro atoms. The van der Waals surface area contributed by atoms with Crippen molar-refractivity contribution in [2.24, 2.45) is 0 Å². The first-order chi connectivity index (χ1) is 11.3. The third kappa shape index (κ3) is 2.81. The Morgan fingerprint density at radius 1 is 1.30 bits per heavy atom. The smallest absolute Gasteiger partial charge is 0.241 e. The molecule has 2 aromatic heterocycles. The van der Waals surface area contributed by atoms with Crippen LogP contribution in [0, 0.1) is 0 Å². The molecular formula is C17H17N3O2S. The molecule has 6 heteroatoms. The Bertz CT molecular complexity index is 785. The van der Waals surface area contributed by atoms with E-state index in [0.29, 0.717) is 18.3 Å². The summed E-state index contributed by atoms with van der Waals surface area (Å²) in [6.45, 7) is 1.51. The van der Waals surface area contributed by atoms with Crippen LogP contribution in [0.1, 0.15) is 23.1 Å². The first kappa shape index (κ1) is 14.6. The summed E-state index contributed by atoms with van der Waals surface area (Å²) in [7, 11) is 0. The summed E-state index contributed by atoms with van der Waals surface area (Å²) >= 11 is 1.61. The average Bonchev–Trinajstić information content (AvgIpc) is 3.26. The highest BCUT2D eigenvalue weighted by Crippen LogP contribution is 2.30. The summed E-state index contributed by atoms with van der Waals surface area (Å²) in [6, 6.07) is 10.3. The normalized spacial score (nSPS) is 18.0. The van der Waals surface area contributed by atoms with Gasteiger partial charge in [-0.3, -0.25) is 4.90 Å². The number of aromatic nitrogens is 2. The van der Waals surface area contributed by atoms with E-state index < -0.39 is 0 Å². The van der Waals surface area contributed by atoms with Crippen molar-refractivity contribution < 1.29 is 9.63 Å². The quantitative estimate of drug-likeness (QED) is 0.798. The van der Waals surface area contributed by atoms with Gasteiger partial charge in [-0.2, -0.15) is 16.3 Å². The van der Waals surface area contributed by atoms with E-state index in [0.717, 1.165) is 18.5 Å². The molecule has 0 amide bonds. The number of aliphatic hydroxyl groups excluding tert-OH is 1. The van der Waals surface area contributed by atoms with Gasteiger partial charge in [-0.05, 0) is 29.0 Å². The second-order valence-corrected chi connectivity index (χ2v) is 6.42. The number of thiophene rings is 1. The molecule has 1 atom stereocenters. The molecule has 0 saturated heterocycles. The zero-order chi connectivity index (χ0) is 15.6. The fourth-order valence-electron chi connectivity index (χ4n) is 3.11. The van der Waals surface area contributed by atoms with Gasteiger partial charge in [-0.25, -0.2) is 0 Å². The molecule has 1 aromatic carbocycles. The van der Waals surface area contributed by atoms with Crippen molar-refractivity contribution in [3.8, 4) is 11.4 Å². The molecule has 5 nitrogen and oxygen atoms in total. The van der Waals surface area contributed by atoms with E-state index in [1.165, 1.54) is 11.1 Å². The van der Waals surface area contributed by atoms with E-state index in [1.54, 1.807) is 11.3 Å². The fourth-order valence-corrected chi connectivity index (χ4v) is 3.74. The minimum Gasteiger partial charge on any atom is -0.394 e. The van der Waals surface area contributed by atoms with Gasteiger partial charge in [0.05, 0.1) is 19.2 Å². The predicted octanol–water partition coefficient (Wildman–Crippen LogP) is 2.89. The molecule has 1 aliphatic heterocycles. The maximum Gasteiger partial charge on any atom is 0.241 e. The molecule has 0 bridgehead atoms. The van der Waals surface area contributed by atoms with Crippen LogP contribution < -0.4 is 0 Å². The predicted molar refractivity (Wildman–Crippen MR) is 88.0 cm³/mol. The van der Waals surface area contributed by atoms with Crippen LogP contribution in [0.2, 0.25) is 0 Å². The van der Waals surface area contributed by atoms with Crippen molar-refractivity contribution >= 4 is 11.3 Å². The Morgan fingerprint density at radius 3 is 3.04 bits per heavy atom. The Hall–Kier alpha value is -2.02. The van der Waals surface area contributed by atoms with Crippen molar-refractivity contribution in [3.63, 3.8) is 0 Å². The van der Waals surface area contributed by atoms with Gasteiger partial charge in [0.2, 0.25) is 11.7 Å². The number of hydrogen-bond acceptors (Lipinski definition) is 6. The minimum atomic E-state index is -0.0172. The highest BCUT2D eigenvalue weighted by Gasteiger charge is 2.28. The largest absolute Gasteiger partial charge is 0.394 e. The first-order valence-corrected chi connectivity index (χ1v) is 8.57. The molecule has 1 unspecified atom stereocenters. The van der Waals surface area contributed by atoms with Gasteiger partial charge < -0.3 is 9.63 Å². The summed E-state index contributed by atoms with van der Waals surface area (Å²) in [4.78, 5) is 6.68. The molecule has 23 heavy (non-hydrogen) atoms. The third-order valence-electron chi connectivity index (χ3n) is 4.28. The van der Waals surface area contributed by atoms with E-state index >= 15 is 0 Å². The van der Waals surface area contributed by atoms with Gasteiger partial charge in [0.25, 0.3) is 0 Å². The summed E-state index contributed by atoms with van der Waals surface area (Å²) in [5.41, 5.74) is 3.49. The van der Waals surface area contributed by atoms with E-state index in [-0.39, 0.29) is 12.6 Å². The maximum absolute atomic E-state index is 9.83. The molecule has 0 saturated carbocycles. The van der Waals surface area contributed by atoms with Gasteiger partial charge in [-0.15, -0.1) is 0 Å². The molecule has 3 aromatic rings. The van der Waals surface area contributed by atoms with Crippen LogP contribution in [0.3, 0.4) is 0 Å². The maximum atomic E-state index is 9.83. The lowest BCUT2D eigenvalue weighted by molar-refractivity contribution is 0.0971. The van der Waals surface area contributed by atoms with Crippen LogP contribution in [0.25, 0.3) is 11.4 Å². The summed E-state index contributed by atoms with van der Waals surface area (Å²) in [6.07, 6.45) is 0.970. The molecule has 118 valence electrons. The van der Waals surface area contributed by atoms with Crippen LogP contribution in [0.4, 0.5) is 0 Å². The fraction of sp³-hybridized carbons (Fsp3) is 0.294. The van der Waals surface area contributed by atoms with E-state index in [2.05, 4.69) is 27.2 Å². The first-order valence-electron chi connectivity index (χ1n) is 7.63. The highest BCUT2D eigenvalue weighted by atomic mass is 32.1. The van der Waals surface area contributed by atoms with Gasteiger partial charge in [-0.1, -0.05) is 29.4 Å². The lowest BCUT2D eigenvalue weighted by atomic mass is 9.93. The zero-order valence-electron chi connectivity index (χ0n) is 12.6. The number of aliphatic hydroxyl groups is 1. The SMILES string of the molecule is OCC1c2ccccc2CCN1Cc1nc(-c2ccsc2)no1. The number of benzene rings is 1. The van der Waals surface area contributed by atoms with E-state index in [1.807, 2.05) is 29.0 Å². The van der Waals surface area contributed by atoms with E-state index in [4.69, 9.17) is 4.52 Å². The standard InChI is InChI=1S/C17H17N3O2S/c21-10-15-14-4-2-1-3-12(14)5-7-20(15)9-16-18-17(19-22-16)13-6-8-23-11-13/h1-4,6,8,11,15,21H,5,7,9-10H2. The zero-order valence-corrected chi connectivity index (χ0v) is 13.4. The topological polar surface area (TPSA) is 62.4 Å². The van der Waals surface area contributed by atoms with Crippen molar-refractivity contribution in [2.45, 2.75) is 19.0 Å². The molecule has 0 radical (unpaired) electrons. The van der Waals surface area contributed by atoms with Crippen molar-refractivity contribution in [2.75, 3.05) is 13.2 Å². The summed E-state index contributed by atoms with van der Waals surface area (Å²) in [5.74, 6) is 1.21. The molecule has 3 heterocycles. The van der Waals surface area contributed by atoms with Gasteiger partial charge in [0.1, 0.15) is 0 Å². The van der Waals surface area contributed by atoms with Crippen LogP contribution in [0.15, 0.2) is 45.6 Å². The van der Waals surface area contributed by atoms with E-state index in [9.17, 15) is 5.11 Å². The Balaban J connectivity index is 1.55. The second kappa shape index (κ2) is 6.23. The molecule has 1 N–H and O–H groups in total. The van der Waals surface area contributed by atoms with Crippen molar-refractivity contribution in [1.82, 2.24) is 15.0 Å². The minimum absolute atomic E-state index is 0.0172. The monoisotopic (exact) mass is 327 g/mol. The summed E-state index contributed by atoms with van der Waals surface area (Å²) in [5, 5.41) is 17.9. The molecule has 1 aliphatic rings. The van der Waals surface area contributed by atoms with Gasteiger partial charge in [0.15, 0.2) is 0 Å². The van der Waals surface area contributed by atoms with Crippen molar-refractivity contribution in [1.29, 1.82) is 0 Å². The van der Waals surface area contributed by atoms with Crippen molar-refractivity contribution in [3.05, 3.63) is 58.1 Å². The highest BCUT2D eigenvalue weighted by molar-refractivity contribution is 7.08. The van der Waals surface area contributed by atoms with Crippen LogP contribution >= 0.6 is 11.3 Å². The Labute approximate surface area is 138 Å². The number of rotatable bonds is 4. The van der Waals surface area contributed by atoms with Crippen LogP contribution in [-0.4, -0.2) is 33.3 Å². The van der Waals surface area contributed by atoms with Crippen LogP contribution in [-0.2, 0) is 13.0 Å². The number of fused-ring (bicyclic) bond motifs is 1. The third-order valence-corrected chi connectivity index (χ3v) is 4.97. The summed E-state index contributed by atoms with van der Waals surface area (Å²) < 4.78 is 5.39. The molecule has 4 rings (SSSR count). The van der Waals surface area contributed by atoms with Gasteiger partial charge >= 0.3 is 0 Å².